The third-order valence-corrected chi connectivity index (χ3v) is 3.50. The molecule has 1 fully saturated rings. The van der Waals surface area contributed by atoms with Crippen molar-refractivity contribution in [1.82, 2.24) is 0 Å². The predicted octanol–water partition coefficient (Wildman–Crippen LogP) is 2.36. The van der Waals surface area contributed by atoms with Gasteiger partial charge in [-0.1, -0.05) is 31.8 Å². The fourth-order valence-corrected chi connectivity index (χ4v) is 2.02. The van der Waals surface area contributed by atoms with E-state index in [1.165, 1.54) is 25.7 Å². The number of hydrogen-bond acceptors (Lipinski definition) is 3. The van der Waals surface area contributed by atoms with Crippen molar-refractivity contribution in [2.45, 2.75) is 46.0 Å². The summed E-state index contributed by atoms with van der Waals surface area (Å²) in [5, 5.41) is 11.7. The van der Waals surface area contributed by atoms with Crippen LogP contribution in [0.5, 0.6) is 0 Å². The lowest BCUT2D eigenvalue weighted by atomic mass is 9.88. The lowest BCUT2D eigenvalue weighted by Gasteiger charge is -2.22. The van der Waals surface area contributed by atoms with Crippen LogP contribution in [0.4, 0.5) is 0 Å². The number of nitrogens with zero attached hydrogens (tertiary/aromatic N) is 1. The summed E-state index contributed by atoms with van der Waals surface area (Å²) in [6.45, 7) is 5.47. The minimum absolute atomic E-state index is 0.275. The van der Waals surface area contributed by atoms with Gasteiger partial charge in [-0.3, -0.25) is 0 Å². The summed E-state index contributed by atoms with van der Waals surface area (Å²) in [5.74, 6) is 1.03. The van der Waals surface area contributed by atoms with Crippen LogP contribution in [0.3, 0.4) is 0 Å². The van der Waals surface area contributed by atoms with Gasteiger partial charge in [0.1, 0.15) is 5.84 Å². The number of rotatable bonds is 6. The van der Waals surface area contributed by atoms with Crippen molar-refractivity contribution >= 4 is 5.84 Å². The third-order valence-electron chi connectivity index (χ3n) is 3.50. The van der Waals surface area contributed by atoms with E-state index < -0.39 is 0 Å². The highest BCUT2D eigenvalue weighted by atomic mass is 16.5. The molecule has 0 aromatic carbocycles. The van der Waals surface area contributed by atoms with Crippen LogP contribution in [-0.2, 0) is 4.74 Å². The lowest BCUT2D eigenvalue weighted by Crippen LogP contribution is -2.33. The van der Waals surface area contributed by atoms with Crippen LogP contribution in [0, 0.1) is 11.3 Å². The monoisotopic (exact) mass is 228 g/mol. The lowest BCUT2D eigenvalue weighted by molar-refractivity contribution is 0.0871. The van der Waals surface area contributed by atoms with Gasteiger partial charge in [0.05, 0.1) is 0 Å². The van der Waals surface area contributed by atoms with E-state index in [2.05, 4.69) is 5.16 Å². The molecule has 0 aromatic heterocycles. The van der Waals surface area contributed by atoms with E-state index in [1.54, 1.807) is 0 Å². The summed E-state index contributed by atoms with van der Waals surface area (Å²) in [6.07, 6.45) is 6.11. The molecule has 4 nitrogen and oxygen atoms in total. The number of amidine groups is 1. The maximum absolute atomic E-state index is 8.62. The van der Waals surface area contributed by atoms with Crippen LogP contribution in [0.1, 0.15) is 46.0 Å². The van der Waals surface area contributed by atoms with Crippen molar-refractivity contribution in [1.29, 1.82) is 0 Å². The fourth-order valence-electron chi connectivity index (χ4n) is 2.02. The molecule has 0 unspecified atom stereocenters. The minimum Gasteiger partial charge on any atom is -0.409 e. The molecule has 0 aromatic rings. The normalized spacial score (nSPS) is 19.2. The van der Waals surface area contributed by atoms with Crippen molar-refractivity contribution < 1.29 is 9.94 Å². The van der Waals surface area contributed by atoms with Gasteiger partial charge in [-0.15, -0.1) is 0 Å². The second-order valence-corrected chi connectivity index (χ2v) is 5.34. The van der Waals surface area contributed by atoms with E-state index in [4.69, 9.17) is 15.7 Å². The van der Waals surface area contributed by atoms with Crippen molar-refractivity contribution in [3.63, 3.8) is 0 Å². The zero-order valence-electron chi connectivity index (χ0n) is 10.4. The van der Waals surface area contributed by atoms with Crippen molar-refractivity contribution in [3.8, 4) is 0 Å². The van der Waals surface area contributed by atoms with Gasteiger partial charge in [-0.25, -0.2) is 0 Å². The van der Waals surface area contributed by atoms with E-state index >= 15 is 0 Å². The number of oxime groups is 1. The van der Waals surface area contributed by atoms with Gasteiger partial charge in [-0.05, 0) is 25.2 Å². The van der Waals surface area contributed by atoms with E-state index in [0.29, 0.717) is 6.61 Å². The minimum atomic E-state index is -0.287. The highest BCUT2D eigenvalue weighted by Crippen LogP contribution is 2.25. The van der Waals surface area contributed by atoms with Gasteiger partial charge in [0.15, 0.2) is 0 Å². The Morgan fingerprint density at radius 1 is 1.44 bits per heavy atom. The summed E-state index contributed by atoms with van der Waals surface area (Å²) >= 11 is 0. The first kappa shape index (κ1) is 13.3. The molecule has 4 heteroatoms. The van der Waals surface area contributed by atoms with Crippen molar-refractivity contribution in [2.75, 3.05) is 13.2 Å². The third kappa shape index (κ3) is 4.00. The number of nitrogens with two attached hydrogens (primary N) is 1. The highest BCUT2D eigenvalue weighted by Gasteiger charge is 2.23. The van der Waals surface area contributed by atoms with E-state index in [1.807, 2.05) is 13.8 Å². The molecule has 1 aliphatic carbocycles. The molecule has 0 amide bonds. The van der Waals surface area contributed by atoms with Crippen molar-refractivity contribution in [3.05, 3.63) is 0 Å². The van der Waals surface area contributed by atoms with Crippen LogP contribution in [0.15, 0.2) is 5.16 Å². The molecule has 3 N–H and O–H groups in total. The van der Waals surface area contributed by atoms with E-state index in [-0.39, 0.29) is 11.3 Å². The molecule has 0 radical (unpaired) electrons. The van der Waals surface area contributed by atoms with Gasteiger partial charge < -0.3 is 15.7 Å². The summed E-state index contributed by atoms with van der Waals surface area (Å²) in [7, 11) is 0. The fraction of sp³-hybridized carbons (Fsp3) is 0.917. The van der Waals surface area contributed by atoms with Gasteiger partial charge in [0.2, 0.25) is 0 Å². The molecule has 0 spiro atoms. The smallest absolute Gasteiger partial charge is 0.144 e. The molecule has 16 heavy (non-hydrogen) atoms. The van der Waals surface area contributed by atoms with E-state index in [9.17, 15) is 0 Å². The first-order chi connectivity index (χ1) is 7.56. The van der Waals surface area contributed by atoms with Crippen LogP contribution in [0.2, 0.25) is 0 Å². The quantitative estimate of drug-likeness (QED) is 0.241. The largest absolute Gasteiger partial charge is 0.409 e. The molecule has 0 bridgehead atoms. The predicted molar refractivity (Wildman–Crippen MR) is 64.6 cm³/mol. The molecule has 1 rings (SSSR count). The second-order valence-electron chi connectivity index (χ2n) is 5.34. The van der Waals surface area contributed by atoms with Crippen molar-refractivity contribution in [2.24, 2.45) is 22.2 Å². The topological polar surface area (TPSA) is 67.8 Å². The summed E-state index contributed by atoms with van der Waals surface area (Å²) in [6, 6.07) is 0. The molecule has 94 valence electrons. The second kappa shape index (κ2) is 6.09. The standard InChI is InChI=1S/C12H24N2O2/c1-12(2,11(13)14-15)7-8-16-9-10-5-3-4-6-10/h10,15H,3-9H2,1-2H3,(H2,13,14). The number of ether oxygens (including phenoxy) is 1. The molecule has 0 saturated heterocycles. The van der Waals surface area contributed by atoms with Crippen LogP contribution >= 0.6 is 0 Å². The summed E-state index contributed by atoms with van der Waals surface area (Å²) in [4.78, 5) is 0. The van der Waals surface area contributed by atoms with Gasteiger partial charge in [0.25, 0.3) is 0 Å². The molecule has 1 saturated carbocycles. The molecule has 0 aliphatic heterocycles. The zero-order chi connectivity index (χ0) is 12.0. The summed E-state index contributed by atoms with van der Waals surface area (Å²) < 4.78 is 5.66. The maximum Gasteiger partial charge on any atom is 0.144 e. The molecular weight excluding hydrogens is 204 g/mol. The van der Waals surface area contributed by atoms with Gasteiger partial charge >= 0.3 is 0 Å². The Labute approximate surface area is 97.8 Å². The van der Waals surface area contributed by atoms with Crippen LogP contribution < -0.4 is 5.73 Å². The number of hydrogen-bond donors (Lipinski definition) is 2. The zero-order valence-corrected chi connectivity index (χ0v) is 10.4. The van der Waals surface area contributed by atoms with Gasteiger partial charge in [-0.2, -0.15) is 0 Å². The first-order valence-electron chi connectivity index (χ1n) is 6.12. The Balaban J connectivity index is 2.14. The maximum atomic E-state index is 8.62. The molecule has 1 aliphatic rings. The Morgan fingerprint density at radius 3 is 2.62 bits per heavy atom. The SMILES string of the molecule is CC(C)(CCOCC1CCCC1)C(N)=NO. The molecule has 0 heterocycles. The Bertz CT molecular complexity index is 233. The molecule has 0 atom stereocenters. The molecular formula is C12H24N2O2. The van der Waals surface area contributed by atoms with Crippen LogP contribution in [-0.4, -0.2) is 24.3 Å². The average molecular weight is 228 g/mol. The van der Waals surface area contributed by atoms with E-state index in [0.717, 1.165) is 18.9 Å². The van der Waals surface area contributed by atoms with Crippen LogP contribution in [0.25, 0.3) is 0 Å². The van der Waals surface area contributed by atoms with Gasteiger partial charge in [0, 0.05) is 18.6 Å². The first-order valence-corrected chi connectivity index (χ1v) is 6.12. The Hall–Kier alpha value is -0.770. The average Bonchev–Trinajstić information content (AvgIpc) is 2.76. The Morgan fingerprint density at radius 2 is 2.06 bits per heavy atom. The highest BCUT2D eigenvalue weighted by molar-refractivity contribution is 5.85. The summed E-state index contributed by atoms with van der Waals surface area (Å²) in [5.41, 5.74) is 5.31. The Kier molecular flexibility index (Phi) is 5.06.